The summed E-state index contributed by atoms with van der Waals surface area (Å²) in [6.45, 7) is 7.10. The highest BCUT2D eigenvalue weighted by Crippen LogP contribution is 2.26. The van der Waals surface area contributed by atoms with Gasteiger partial charge in [0.05, 0.1) is 12.2 Å². The summed E-state index contributed by atoms with van der Waals surface area (Å²) in [4.78, 5) is 0. The zero-order valence-corrected chi connectivity index (χ0v) is 8.78. The lowest BCUT2D eigenvalue weighted by molar-refractivity contribution is 0.0751. The van der Waals surface area contributed by atoms with Gasteiger partial charge in [-0.05, 0) is 6.92 Å². The molecule has 0 bridgehead atoms. The van der Waals surface area contributed by atoms with Crippen LogP contribution in [0.5, 0.6) is 0 Å². The van der Waals surface area contributed by atoms with Gasteiger partial charge in [0.2, 0.25) is 0 Å². The molecular formula is C7H15B2O2Si. The first-order valence-corrected chi connectivity index (χ1v) is 5.25. The van der Waals surface area contributed by atoms with Gasteiger partial charge in [0.1, 0.15) is 24.2 Å². The minimum Gasteiger partial charge on any atom is -0.428 e. The van der Waals surface area contributed by atoms with Crippen LogP contribution in [0.1, 0.15) is 13.8 Å². The summed E-state index contributed by atoms with van der Waals surface area (Å²) < 4.78 is 26.0. The fourth-order valence-corrected chi connectivity index (χ4v) is 1.98. The molecule has 0 saturated carbocycles. The predicted octanol–water partition coefficient (Wildman–Crippen LogP) is -0.328. The molecule has 0 amide bonds. The first-order valence-electron chi connectivity index (χ1n) is 5.27. The number of ether oxygens (including phenoxy) is 1. The molecule has 12 heavy (non-hydrogen) atoms. The van der Waals surface area contributed by atoms with E-state index in [1.165, 1.54) is 6.87 Å². The molecule has 1 saturated heterocycles. The Kier molecular flexibility index (Phi) is 2.86. The fourth-order valence-electron chi connectivity index (χ4n) is 1.34. The van der Waals surface area contributed by atoms with Gasteiger partial charge in [0.25, 0.3) is 0 Å². The summed E-state index contributed by atoms with van der Waals surface area (Å²) in [5, 5.41) is 0. The maximum atomic E-state index is 7.60. The summed E-state index contributed by atoms with van der Waals surface area (Å²) in [7, 11) is 2.58. The van der Waals surface area contributed by atoms with Crippen LogP contribution in [0.25, 0.3) is 0 Å². The predicted molar refractivity (Wildman–Crippen MR) is 54.3 cm³/mol. The van der Waals surface area contributed by atoms with Crippen molar-refractivity contribution in [1.82, 2.24) is 0 Å². The van der Waals surface area contributed by atoms with Gasteiger partial charge in [-0.25, -0.2) is 0 Å². The smallest absolute Gasteiger partial charge is 0.127 e. The van der Waals surface area contributed by atoms with Crippen LogP contribution in [0, 0.1) is 5.92 Å². The molecule has 65 valence electrons. The third kappa shape index (κ3) is 2.15. The van der Waals surface area contributed by atoms with Crippen molar-refractivity contribution in [2.24, 2.45) is 5.92 Å². The molecule has 1 aliphatic rings. The van der Waals surface area contributed by atoms with Gasteiger partial charge < -0.3 is 9.16 Å². The molecule has 0 aromatic carbocycles. The topological polar surface area (TPSA) is 18.5 Å². The summed E-state index contributed by atoms with van der Waals surface area (Å²) in [6.07, 6.45) is -0.278. The zero-order valence-electron chi connectivity index (χ0n) is 9.78. The average molecular weight is 184 g/mol. The van der Waals surface area contributed by atoms with Crippen LogP contribution in [0.4, 0.5) is 0 Å². The lowest BCUT2D eigenvalue weighted by atomic mass is 9.89. The van der Waals surface area contributed by atoms with Crippen LogP contribution in [-0.2, 0) is 9.16 Å². The van der Waals surface area contributed by atoms with Crippen molar-refractivity contribution in [3.8, 4) is 0 Å². The highest BCUT2D eigenvalue weighted by Gasteiger charge is 2.36. The van der Waals surface area contributed by atoms with E-state index < -0.39 is 15.5 Å². The SMILES string of the molecule is [2H][Si]([3H])([B]C)OC1C(C)[C@@H](C)O[C@@H]1[B]. The minimum absolute atomic E-state index is 0.0386. The van der Waals surface area contributed by atoms with E-state index in [0.29, 0.717) is 0 Å². The van der Waals surface area contributed by atoms with Crippen molar-refractivity contribution in [3.05, 3.63) is 0 Å². The molecule has 0 spiro atoms. The molecule has 5 atom stereocenters. The van der Waals surface area contributed by atoms with Crippen LogP contribution in [0.3, 0.4) is 0 Å². The maximum absolute atomic E-state index is 7.60. The standard InChI is InChI=1S/C7H15B2O2Si/c1-4-5(2)10-7(8)6(4)11-12-9-3/h4-7H,12H2,1-3H3/t4?,5-,6?,7+/m1/s1/i12TD/t4?,5-,6?,7+,12?. The molecule has 1 fully saturated rings. The summed E-state index contributed by atoms with van der Waals surface area (Å²) in [5.74, 6) is 0.146. The van der Waals surface area contributed by atoms with Crippen LogP contribution in [0.15, 0.2) is 0 Å². The molecule has 0 aromatic heterocycles. The molecule has 5 heteroatoms. The second kappa shape index (κ2) is 4.49. The molecule has 2 nitrogen and oxygen atoms in total. The van der Waals surface area contributed by atoms with Crippen molar-refractivity contribution < 1.29 is 9.16 Å². The lowest BCUT2D eigenvalue weighted by Gasteiger charge is -2.19. The van der Waals surface area contributed by atoms with E-state index >= 15 is 0 Å². The first kappa shape index (κ1) is 7.65. The zero-order chi connectivity index (χ0) is 10.9. The van der Waals surface area contributed by atoms with Gasteiger partial charge in [0.15, 0.2) is 0 Å². The fraction of sp³-hybridized carbons (Fsp3) is 1.00. The van der Waals surface area contributed by atoms with Crippen molar-refractivity contribution in [2.45, 2.75) is 38.9 Å². The summed E-state index contributed by atoms with van der Waals surface area (Å²) in [6, 6.07) is -0.498. The minimum atomic E-state index is -3.14. The Balaban J connectivity index is 2.60. The quantitative estimate of drug-likeness (QED) is 0.559. The van der Waals surface area contributed by atoms with Crippen molar-refractivity contribution in [2.75, 3.05) is 0 Å². The molecule has 0 aliphatic carbocycles. The van der Waals surface area contributed by atoms with E-state index in [1.54, 1.807) is 6.82 Å². The Morgan fingerprint density at radius 1 is 1.83 bits per heavy atom. The van der Waals surface area contributed by atoms with Crippen molar-refractivity contribution in [1.29, 1.82) is 2.47 Å². The van der Waals surface area contributed by atoms with Gasteiger partial charge in [-0.15, -0.1) is 0 Å². The Morgan fingerprint density at radius 2 is 2.50 bits per heavy atom. The van der Waals surface area contributed by atoms with Crippen LogP contribution >= 0.6 is 0 Å². The van der Waals surface area contributed by atoms with Crippen LogP contribution < -0.4 is 0 Å². The molecule has 0 N–H and O–H groups in total. The monoisotopic (exact) mass is 184 g/mol. The van der Waals surface area contributed by atoms with Crippen molar-refractivity contribution >= 4 is 24.2 Å². The van der Waals surface area contributed by atoms with Gasteiger partial charge >= 0.3 is 0 Å². The molecule has 1 rings (SSSR count). The van der Waals surface area contributed by atoms with E-state index in [2.05, 4.69) is 0 Å². The second-order valence-electron chi connectivity index (χ2n) is 3.15. The molecular weight excluding hydrogens is 166 g/mol. The summed E-state index contributed by atoms with van der Waals surface area (Å²) in [5.41, 5.74) is 0. The van der Waals surface area contributed by atoms with E-state index in [1.807, 2.05) is 13.8 Å². The first-order chi connectivity index (χ1) is 6.37. The highest BCUT2D eigenvalue weighted by molar-refractivity contribution is 6.96. The van der Waals surface area contributed by atoms with Crippen LogP contribution in [0.2, 0.25) is 6.82 Å². The van der Waals surface area contributed by atoms with Gasteiger partial charge in [-0.1, -0.05) is 13.7 Å². The Morgan fingerprint density at radius 3 is 2.92 bits per heavy atom. The van der Waals surface area contributed by atoms with E-state index in [0.717, 1.165) is 0 Å². The Hall–Kier alpha value is 0.267. The number of rotatable bonds is 3. The molecule has 3 unspecified atom stereocenters. The second-order valence-corrected chi connectivity index (χ2v) is 4.20. The molecule has 0 aromatic rings. The van der Waals surface area contributed by atoms with E-state index in [4.69, 9.17) is 19.5 Å². The van der Waals surface area contributed by atoms with Crippen molar-refractivity contribution in [3.63, 3.8) is 0 Å². The lowest BCUT2D eigenvalue weighted by Crippen LogP contribution is -2.31. The molecule has 1 heterocycles. The third-order valence-electron chi connectivity index (χ3n) is 2.28. The van der Waals surface area contributed by atoms with E-state index in [9.17, 15) is 0 Å². The van der Waals surface area contributed by atoms with Crippen LogP contribution in [-0.4, -0.2) is 44.9 Å². The largest absolute Gasteiger partial charge is 0.428 e. The Labute approximate surface area is 81.4 Å². The normalized spacial score (nSPS) is 49.2. The average Bonchev–Trinajstić information content (AvgIpc) is 2.32. The maximum Gasteiger partial charge on any atom is 0.127 e. The number of hydrogen-bond acceptors (Lipinski definition) is 2. The van der Waals surface area contributed by atoms with Gasteiger partial charge in [0, 0.05) is 14.4 Å². The highest BCUT2D eigenvalue weighted by atomic mass is 28.2. The summed E-state index contributed by atoms with van der Waals surface area (Å²) >= 11 is 0. The molecule has 3 radical (unpaired) electrons. The number of hydrogen-bond donors (Lipinski definition) is 0. The van der Waals surface area contributed by atoms with Gasteiger partial charge in [-0.2, -0.15) is 0 Å². The van der Waals surface area contributed by atoms with E-state index in [-0.39, 0.29) is 18.1 Å². The van der Waals surface area contributed by atoms with Gasteiger partial charge in [-0.3, -0.25) is 0 Å². The third-order valence-corrected chi connectivity index (χ3v) is 2.92. The molecule has 1 aliphatic heterocycles. The Bertz CT molecular complexity index is 208.